The summed E-state index contributed by atoms with van der Waals surface area (Å²) in [5.41, 5.74) is 1.00. The minimum atomic E-state index is -0.802. The van der Waals surface area contributed by atoms with E-state index in [-0.39, 0.29) is 52.4 Å². The van der Waals surface area contributed by atoms with E-state index in [4.69, 9.17) is 0 Å². The van der Waals surface area contributed by atoms with Gasteiger partial charge in [0.25, 0.3) is 0 Å². The monoisotopic (exact) mass is 479 g/mol. The molecule has 0 atom stereocenters. The van der Waals surface area contributed by atoms with Crippen LogP contribution in [0.3, 0.4) is 0 Å². The summed E-state index contributed by atoms with van der Waals surface area (Å²) in [7, 11) is 0. The highest BCUT2D eigenvalue weighted by Gasteiger charge is 2.20. The highest BCUT2D eigenvalue weighted by molar-refractivity contribution is 5.96. The van der Waals surface area contributed by atoms with Gasteiger partial charge in [-0.15, -0.1) is 0 Å². The number of rotatable bonds is 6. The van der Waals surface area contributed by atoms with Gasteiger partial charge in [-0.1, -0.05) is 6.07 Å². The molecule has 0 spiro atoms. The number of carbonyl (C=O) groups is 1. The van der Waals surface area contributed by atoms with Crippen molar-refractivity contribution >= 4 is 28.3 Å². The summed E-state index contributed by atoms with van der Waals surface area (Å²) in [5.74, 6) is -1.91. The predicted molar refractivity (Wildman–Crippen MR) is 126 cm³/mol. The Balaban J connectivity index is 1.37. The zero-order valence-corrected chi connectivity index (χ0v) is 18.6. The number of nitrogens with one attached hydrogen (secondary N) is 4. The molecule has 1 fully saturated rings. The number of piperidine rings is 1. The predicted octanol–water partition coefficient (Wildman–Crippen LogP) is 3.16. The summed E-state index contributed by atoms with van der Waals surface area (Å²) in [6.07, 6.45) is 4.90. The Morgan fingerprint density at radius 3 is 2.60 bits per heavy atom. The molecule has 1 aliphatic heterocycles. The van der Waals surface area contributed by atoms with Crippen molar-refractivity contribution in [2.24, 2.45) is 0 Å². The first-order valence-corrected chi connectivity index (χ1v) is 11.2. The average Bonchev–Trinajstić information content (AvgIpc) is 3.22. The van der Waals surface area contributed by atoms with Crippen LogP contribution in [-0.2, 0) is 11.2 Å². The van der Waals surface area contributed by atoms with Gasteiger partial charge >= 0.3 is 0 Å². The second kappa shape index (κ2) is 9.63. The third-order valence-corrected chi connectivity index (χ3v) is 5.84. The molecule has 0 bridgehead atoms. The molecule has 4 heterocycles. The van der Waals surface area contributed by atoms with Crippen LogP contribution in [-0.4, -0.2) is 50.1 Å². The van der Waals surface area contributed by atoms with E-state index in [2.05, 4.69) is 35.9 Å². The molecule has 4 aromatic rings. The van der Waals surface area contributed by atoms with Crippen LogP contribution in [0.15, 0.2) is 42.7 Å². The van der Waals surface area contributed by atoms with Gasteiger partial charge < -0.3 is 26.0 Å². The second-order valence-electron chi connectivity index (χ2n) is 8.32. The zero-order chi connectivity index (χ0) is 24.4. The topological polar surface area (TPSA) is 128 Å². The van der Waals surface area contributed by atoms with Gasteiger partial charge in [0.2, 0.25) is 11.8 Å². The molecule has 0 aliphatic carbocycles. The van der Waals surface area contributed by atoms with Crippen molar-refractivity contribution in [3.05, 3.63) is 60.1 Å². The lowest BCUT2D eigenvalue weighted by molar-refractivity contribution is -0.121. The molecular weight excluding hydrogens is 456 g/mol. The number of aromatic amines is 1. The molecule has 1 amide bonds. The Labute approximate surface area is 199 Å². The number of halogens is 2. The van der Waals surface area contributed by atoms with E-state index in [9.17, 15) is 18.7 Å². The molecule has 0 radical (unpaired) electrons. The van der Waals surface area contributed by atoms with E-state index in [1.807, 2.05) is 0 Å². The molecule has 9 nitrogen and oxygen atoms in total. The SMILES string of the molecule is O=C(Cc1ccc(Nc2nc(-c3c(F)cccc3F)nc3c[nH]c(O)c23)cn1)NC1CCNCC1. The van der Waals surface area contributed by atoms with Crippen molar-refractivity contribution in [1.82, 2.24) is 30.6 Å². The van der Waals surface area contributed by atoms with Crippen molar-refractivity contribution in [3.63, 3.8) is 0 Å². The quantitative estimate of drug-likeness (QED) is 0.287. The van der Waals surface area contributed by atoms with Gasteiger partial charge in [0.1, 0.15) is 22.8 Å². The number of hydrogen-bond acceptors (Lipinski definition) is 7. The molecular formula is C24H23F2N7O2. The molecule has 180 valence electrons. The summed E-state index contributed by atoms with van der Waals surface area (Å²) in [6.45, 7) is 1.78. The van der Waals surface area contributed by atoms with E-state index < -0.39 is 11.6 Å². The largest absolute Gasteiger partial charge is 0.494 e. The minimum Gasteiger partial charge on any atom is -0.494 e. The van der Waals surface area contributed by atoms with Crippen LogP contribution < -0.4 is 16.0 Å². The maximum absolute atomic E-state index is 14.4. The van der Waals surface area contributed by atoms with Gasteiger partial charge in [0, 0.05) is 17.9 Å². The highest BCUT2D eigenvalue weighted by atomic mass is 19.1. The van der Waals surface area contributed by atoms with Crippen LogP contribution in [0.1, 0.15) is 18.5 Å². The van der Waals surface area contributed by atoms with E-state index in [1.165, 1.54) is 18.5 Å². The summed E-state index contributed by atoms with van der Waals surface area (Å²) < 4.78 is 28.7. The normalized spacial score (nSPS) is 14.2. The molecule has 5 rings (SSSR count). The number of carbonyl (C=O) groups excluding carboxylic acids is 1. The fraction of sp³-hybridized carbons (Fsp3) is 0.250. The third kappa shape index (κ3) is 4.90. The van der Waals surface area contributed by atoms with Crippen molar-refractivity contribution < 1.29 is 18.7 Å². The number of aromatic nitrogens is 4. The Morgan fingerprint density at radius 1 is 1.11 bits per heavy atom. The number of aromatic hydroxyl groups is 1. The van der Waals surface area contributed by atoms with Crippen LogP contribution in [0.25, 0.3) is 22.3 Å². The molecule has 11 heteroatoms. The first-order valence-electron chi connectivity index (χ1n) is 11.2. The number of benzene rings is 1. The molecule has 0 unspecified atom stereocenters. The molecule has 1 saturated heterocycles. The molecule has 1 aromatic carbocycles. The van der Waals surface area contributed by atoms with E-state index in [0.717, 1.165) is 38.1 Å². The minimum absolute atomic E-state index is 0.0866. The molecule has 1 aliphatic rings. The van der Waals surface area contributed by atoms with Gasteiger partial charge in [-0.2, -0.15) is 0 Å². The van der Waals surface area contributed by atoms with Crippen LogP contribution in [0.2, 0.25) is 0 Å². The molecule has 5 N–H and O–H groups in total. The van der Waals surface area contributed by atoms with Crippen LogP contribution >= 0.6 is 0 Å². The maximum Gasteiger partial charge on any atom is 0.226 e. The lowest BCUT2D eigenvalue weighted by Gasteiger charge is -2.23. The number of pyridine rings is 1. The number of amides is 1. The lowest BCUT2D eigenvalue weighted by Crippen LogP contribution is -2.43. The number of anilines is 2. The van der Waals surface area contributed by atoms with Crippen LogP contribution in [0.4, 0.5) is 20.3 Å². The Bertz CT molecular complexity index is 1350. The fourth-order valence-electron chi connectivity index (χ4n) is 4.09. The van der Waals surface area contributed by atoms with Crippen LogP contribution in [0, 0.1) is 11.6 Å². The van der Waals surface area contributed by atoms with Crippen molar-refractivity contribution in [2.45, 2.75) is 25.3 Å². The summed E-state index contributed by atoms with van der Waals surface area (Å²) in [6, 6.07) is 7.09. The standard InChI is InChI=1S/C24H23F2N7O2/c25-16-2-1-3-17(26)20(16)22-32-18-12-29-24(35)21(18)23(33-22)31-15-5-4-14(28-11-15)10-19(34)30-13-6-8-27-9-7-13/h1-5,11-13,27,29,35H,6-10H2,(H,30,34)(H,31,32,33). The Morgan fingerprint density at radius 2 is 1.89 bits per heavy atom. The number of fused-ring (bicyclic) bond motifs is 1. The zero-order valence-electron chi connectivity index (χ0n) is 18.6. The van der Waals surface area contributed by atoms with E-state index in [0.29, 0.717) is 11.4 Å². The van der Waals surface area contributed by atoms with Crippen molar-refractivity contribution in [3.8, 4) is 17.3 Å². The van der Waals surface area contributed by atoms with E-state index >= 15 is 0 Å². The lowest BCUT2D eigenvalue weighted by atomic mass is 10.1. The Hall–Kier alpha value is -4.12. The van der Waals surface area contributed by atoms with E-state index in [1.54, 1.807) is 12.1 Å². The number of hydrogen-bond donors (Lipinski definition) is 5. The first kappa shape index (κ1) is 22.7. The summed E-state index contributed by atoms with van der Waals surface area (Å²) in [5, 5.41) is 19.8. The maximum atomic E-state index is 14.4. The van der Waals surface area contributed by atoms with Crippen LogP contribution in [0.5, 0.6) is 5.88 Å². The van der Waals surface area contributed by atoms with Gasteiger partial charge in [-0.25, -0.2) is 18.7 Å². The van der Waals surface area contributed by atoms with Crippen molar-refractivity contribution in [2.75, 3.05) is 18.4 Å². The summed E-state index contributed by atoms with van der Waals surface area (Å²) in [4.78, 5) is 27.8. The molecule has 35 heavy (non-hydrogen) atoms. The number of nitrogens with zero attached hydrogens (tertiary/aromatic N) is 3. The van der Waals surface area contributed by atoms with Gasteiger partial charge in [0.15, 0.2) is 5.82 Å². The smallest absolute Gasteiger partial charge is 0.226 e. The van der Waals surface area contributed by atoms with Gasteiger partial charge in [0.05, 0.1) is 29.4 Å². The third-order valence-electron chi connectivity index (χ3n) is 5.84. The molecule has 3 aromatic heterocycles. The average molecular weight is 479 g/mol. The van der Waals surface area contributed by atoms with Crippen molar-refractivity contribution in [1.29, 1.82) is 0 Å². The summed E-state index contributed by atoms with van der Waals surface area (Å²) >= 11 is 0. The Kier molecular flexibility index (Phi) is 6.23. The fourth-order valence-corrected chi connectivity index (χ4v) is 4.09. The highest BCUT2D eigenvalue weighted by Crippen LogP contribution is 2.34. The number of H-pyrrole nitrogens is 1. The van der Waals surface area contributed by atoms with Gasteiger partial charge in [-0.3, -0.25) is 9.78 Å². The second-order valence-corrected chi connectivity index (χ2v) is 8.32. The van der Waals surface area contributed by atoms with Gasteiger partial charge in [-0.05, 0) is 50.2 Å². The first-order chi connectivity index (χ1) is 17.0. The molecule has 0 saturated carbocycles.